The zero-order chi connectivity index (χ0) is 12.4. The zero-order valence-corrected chi connectivity index (χ0v) is 10.6. The number of fused-ring (bicyclic) bond motifs is 1. The number of carbonyl (C=O) groups excluding carboxylic acids is 1. The Morgan fingerprint density at radius 2 is 2.29 bits per heavy atom. The van der Waals surface area contributed by atoms with Crippen molar-refractivity contribution in [2.75, 3.05) is 7.05 Å². The summed E-state index contributed by atoms with van der Waals surface area (Å²) in [5, 5.41) is 4.81. The van der Waals surface area contributed by atoms with E-state index in [-0.39, 0.29) is 11.8 Å². The quantitative estimate of drug-likeness (QED) is 0.876. The van der Waals surface area contributed by atoms with E-state index in [1.807, 2.05) is 24.4 Å². The Hall–Kier alpha value is -1.32. The number of hydrogen-bond acceptors (Lipinski definition) is 2. The molecule has 0 aliphatic heterocycles. The van der Waals surface area contributed by atoms with Gasteiger partial charge in [0.15, 0.2) is 0 Å². The van der Waals surface area contributed by atoms with Gasteiger partial charge in [0.2, 0.25) is 0 Å². The monoisotopic (exact) mass is 250 g/mol. The normalized spacial score (nSPS) is 12.9. The van der Waals surface area contributed by atoms with Gasteiger partial charge in [0.05, 0.1) is 16.6 Å². The lowest BCUT2D eigenvalue weighted by Gasteiger charge is -2.11. The average Bonchev–Trinajstić information content (AvgIpc) is 2.70. The van der Waals surface area contributed by atoms with Crippen molar-refractivity contribution < 1.29 is 4.79 Å². The van der Waals surface area contributed by atoms with Gasteiger partial charge in [-0.05, 0) is 32.0 Å². The molecular formula is C13H15ClN2O. The van der Waals surface area contributed by atoms with Crippen molar-refractivity contribution in [3.05, 3.63) is 35.0 Å². The van der Waals surface area contributed by atoms with E-state index in [2.05, 4.69) is 10.3 Å². The average molecular weight is 251 g/mol. The van der Waals surface area contributed by atoms with Crippen LogP contribution in [0.15, 0.2) is 24.4 Å². The minimum atomic E-state index is -0.145. The van der Waals surface area contributed by atoms with E-state index in [4.69, 9.17) is 11.6 Å². The van der Waals surface area contributed by atoms with E-state index in [1.165, 1.54) is 0 Å². The van der Waals surface area contributed by atoms with Crippen molar-refractivity contribution in [2.24, 2.45) is 0 Å². The Bertz CT molecular complexity index is 547. The van der Waals surface area contributed by atoms with E-state index >= 15 is 0 Å². The van der Waals surface area contributed by atoms with E-state index < -0.39 is 0 Å². The summed E-state index contributed by atoms with van der Waals surface area (Å²) in [6.07, 6.45) is 2.59. The van der Waals surface area contributed by atoms with Gasteiger partial charge in [-0.3, -0.25) is 4.79 Å². The van der Waals surface area contributed by atoms with Crippen LogP contribution >= 0.6 is 11.6 Å². The summed E-state index contributed by atoms with van der Waals surface area (Å²) >= 11 is 6.09. The molecule has 0 radical (unpaired) electrons. The number of benzene rings is 1. The van der Waals surface area contributed by atoms with Gasteiger partial charge in [-0.15, -0.1) is 0 Å². The minimum Gasteiger partial charge on any atom is -0.360 e. The third-order valence-corrected chi connectivity index (χ3v) is 3.33. The molecule has 1 atom stereocenters. The number of hydrogen-bond donors (Lipinski definition) is 2. The van der Waals surface area contributed by atoms with Gasteiger partial charge in [-0.1, -0.05) is 23.7 Å². The number of Topliss-reactive ketones (excluding diaryl/α,β-unsaturated/α-hetero) is 1. The number of aromatic nitrogens is 1. The second kappa shape index (κ2) is 4.90. The summed E-state index contributed by atoms with van der Waals surface area (Å²) in [4.78, 5) is 14.6. The molecule has 0 fully saturated rings. The predicted octanol–water partition coefficient (Wildman–Crippen LogP) is 2.54. The van der Waals surface area contributed by atoms with Crippen molar-refractivity contribution in [3.63, 3.8) is 0 Å². The first kappa shape index (κ1) is 12.1. The van der Waals surface area contributed by atoms with E-state index in [1.54, 1.807) is 14.0 Å². The van der Waals surface area contributed by atoms with E-state index in [0.29, 0.717) is 11.4 Å². The number of ketones is 1. The van der Waals surface area contributed by atoms with Gasteiger partial charge in [0.1, 0.15) is 5.78 Å². The van der Waals surface area contributed by atoms with Gasteiger partial charge < -0.3 is 10.3 Å². The summed E-state index contributed by atoms with van der Waals surface area (Å²) in [5.41, 5.74) is 2.04. The fourth-order valence-corrected chi connectivity index (χ4v) is 2.24. The molecule has 2 aromatic rings. The lowest BCUT2D eigenvalue weighted by molar-refractivity contribution is -0.118. The molecule has 1 aromatic heterocycles. The van der Waals surface area contributed by atoms with Crippen molar-refractivity contribution in [3.8, 4) is 0 Å². The van der Waals surface area contributed by atoms with Crippen LogP contribution in [0.1, 0.15) is 12.5 Å². The standard InChI is InChI=1S/C13H15ClN2O/c1-8(17)12(15-2)6-9-7-16-13-10(9)4-3-5-11(13)14/h3-5,7,12,15-16H,6H2,1-2H3. The van der Waals surface area contributed by atoms with Crippen LogP contribution in [0.3, 0.4) is 0 Å². The summed E-state index contributed by atoms with van der Waals surface area (Å²) in [6, 6.07) is 5.64. The van der Waals surface area contributed by atoms with E-state index in [0.717, 1.165) is 16.5 Å². The predicted molar refractivity (Wildman–Crippen MR) is 70.5 cm³/mol. The highest BCUT2D eigenvalue weighted by atomic mass is 35.5. The number of nitrogens with one attached hydrogen (secondary N) is 2. The second-order valence-corrected chi connectivity index (χ2v) is 4.54. The fraction of sp³-hybridized carbons (Fsp3) is 0.308. The van der Waals surface area contributed by atoms with Crippen molar-refractivity contribution in [1.29, 1.82) is 0 Å². The van der Waals surface area contributed by atoms with Crippen molar-refractivity contribution >= 4 is 28.3 Å². The summed E-state index contributed by atoms with van der Waals surface area (Å²) in [7, 11) is 1.80. The molecule has 17 heavy (non-hydrogen) atoms. The van der Waals surface area contributed by atoms with Gasteiger partial charge >= 0.3 is 0 Å². The zero-order valence-electron chi connectivity index (χ0n) is 9.88. The van der Waals surface area contributed by atoms with Crippen molar-refractivity contribution in [1.82, 2.24) is 10.3 Å². The Labute approximate surface area is 105 Å². The lowest BCUT2D eigenvalue weighted by atomic mass is 10.0. The van der Waals surface area contributed by atoms with Gasteiger partial charge in [0.25, 0.3) is 0 Å². The first-order valence-corrected chi connectivity index (χ1v) is 5.93. The molecule has 0 bridgehead atoms. The molecule has 0 spiro atoms. The molecule has 1 unspecified atom stereocenters. The number of aromatic amines is 1. The number of para-hydroxylation sites is 1. The van der Waals surface area contributed by atoms with Crippen LogP contribution in [0, 0.1) is 0 Å². The highest BCUT2D eigenvalue weighted by molar-refractivity contribution is 6.35. The van der Waals surface area contributed by atoms with Crippen molar-refractivity contribution in [2.45, 2.75) is 19.4 Å². The number of carbonyl (C=O) groups is 1. The van der Waals surface area contributed by atoms with Crippen LogP contribution in [0.25, 0.3) is 10.9 Å². The Kier molecular flexibility index (Phi) is 3.50. The van der Waals surface area contributed by atoms with Crippen LogP contribution in [0.5, 0.6) is 0 Å². The van der Waals surface area contributed by atoms with Crippen LogP contribution in [0.4, 0.5) is 0 Å². The number of likely N-dealkylation sites (N-methyl/N-ethyl adjacent to an activating group) is 1. The Morgan fingerprint density at radius 3 is 2.94 bits per heavy atom. The molecule has 1 heterocycles. The first-order chi connectivity index (χ1) is 8.13. The van der Waals surface area contributed by atoms with Crippen LogP contribution in [0.2, 0.25) is 5.02 Å². The molecule has 2 N–H and O–H groups in total. The maximum absolute atomic E-state index is 11.4. The summed E-state index contributed by atoms with van der Waals surface area (Å²) in [5.74, 6) is 0.142. The van der Waals surface area contributed by atoms with Crippen LogP contribution in [-0.4, -0.2) is 23.9 Å². The van der Waals surface area contributed by atoms with Gasteiger partial charge in [-0.2, -0.15) is 0 Å². The molecule has 3 nitrogen and oxygen atoms in total. The van der Waals surface area contributed by atoms with Crippen LogP contribution in [-0.2, 0) is 11.2 Å². The molecule has 0 amide bonds. The van der Waals surface area contributed by atoms with Gasteiger partial charge in [-0.25, -0.2) is 0 Å². The van der Waals surface area contributed by atoms with E-state index in [9.17, 15) is 4.79 Å². The number of H-pyrrole nitrogens is 1. The first-order valence-electron chi connectivity index (χ1n) is 5.55. The maximum Gasteiger partial charge on any atom is 0.147 e. The smallest absolute Gasteiger partial charge is 0.147 e. The molecule has 90 valence electrons. The molecular weight excluding hydrogens is 236 g/mol. The highest BCUT2D eigenvalue weighted by Gasteiger charge is 2.15. The molecule has 0 saturated heterocycles. The Morgan fingerprint density at radius 1 is 1.53 bits per heavy atom. The third-order valence-electron chi connectivity index (χ3n) is 3.01. The molecule has 2 rings (SSSR count). The summed E-state index contributed by atoms with van der Waals surface area (Å²) in [6.45, 7) is 1.60. The number of halogens is 1. The highest BCUT2D eigenvalue weighted by Crippen LogP contribution is 2.25. The fourth-order valence-electron chi connectivity index (χ4n) is 2.01. The van der Waals surface area contributed by atoms with Crippen LogP contribution < -0.4 is 5.32 Å². The molecule has 1 aromatic carbocycles. The topological polar surface area (TPSA) is 44.9 Å². The largest absolute Gasteiger partial charge is 0.360 e. The molecule has 0 saturated carbocycles. The molecule has 0 aliphatic rings. The molecule has 0 aliphatic carbocycles. The third kappa shape index (κ3) is 2.35. The minimum absolute atomic E-state index is 0.142. The van der Waals surface area contributed by atoms with Gasteiger partial charge in [0, 0.05) is 11.6 Å². The SMILES string of the molecule is CNC(Cc1c[nH]c2c(Cl)cccc12)C(C)=O. The lowest BCUT2D eigenvalue weighted by Crippen LogP contribution is -2.34. The number of rotatable bonds is 4. The molecule has 4 heteroatoms. The Balaban J connectivity index is 2.37. The second-order valence-electron chi connectivity index (χ2n) is 4.13. The summed E-state index contributed by atoms with van der Waals surface area (Å²) < 4.78 is 0. The maximum atomic E-state index is 11.4.